The van der Waals surface area contributed by atoms with Crippen LogP contribution in [0.15, 0.2) is 24.6 Å². The fourth-order valence-corrected chi connectivity index (χ4v) is 0.258. The highest BCUT2D eigenvalue weighted by Gasteiger charge is 1.72. The number of thioether (sulfide) groups is 1. The maximum absolute atomic E-state index is 4.55. The minimum atomic E-state index is 1.57. The highest BCUT2D eigenvalue weighted by molar-refractivity contribution is 7.97. The molecular weight excluding hydrogens is 134 g/mol. The average molecular weight is 145 g/mol. The maximum atomic E-state index is 4.55. The molecule has 9 heavy (non-hydrogen) atoms. The number of hydrogen-bond acceptors (Lipinski definition) is 3. The van der Waals surface area contributed by atoms with Crippen LogP contribution in [0.2, 0.25) is 0 Å². The van der Waals surface area contributed by atoms with Gasteiger partial charge in [0.05, 0.1) is 0 Å². The van der Waals surface area contributed by atoms with Gasteiger partial charge in [-0.05, 0) is 24.7 Å². The fourth-order valence-electron chi connectivity index (χ4n) is 0.258. The molecule has 0 aromatic heterocycles. The van der Waals surface area contributed by atoms with Crippen LogP contribution >= 0.6 is 11.8 Å². The van der Waals surface area contributed by atoms with E-state index < -0.39 is 0 Å². The molecule has 0 spiro atoms. The van der Waals surface area contributed by atoms with Crippen LogP contribution < -0.4 is 5.48 Å². The maximum Gasteiger partial charge on any atom is 0.119 e. The summed E-state index contributed by atoms with van der Waals surface area (Å²) in [5.41, 5.74) is 2.52. The minimum Gasteiger partial charge on any atom is -0.391 e. The van der Waals surface area contributed by atoms with Gasteiger partial charge in [-0.2, -0.15) is 11.8 Å². The Morgan fingerprint density at radius 2 is 2.00 bits per heavy atom. The summed E-state index contributed by atoms with van der Waals surface area (Å²) in [5, 5.41) is 0. The molecule has 0 aliphatic carbocycles. The van der Waals surface area contributed by atoms with Gasteiger partial charge in [-0.3, -0.25) is 0 Å². The summed E-state index contributed by atoms with van der Waals surface area (Å²) in [5.74, 6) is 0. The number of rotatable bonds is 0. The van der Waals surface area contributed by atoms with E-state index in [2.05, 4.69) is 10.3 Å². The molecule has 0 unspecified atom stereocenters. The molecule has 1 aliphatic heterocycles. The molecule has 1 heterocycles. The van der Waals surface area contributed by atoms with Gasteiger partial charge >= 0.3 is 0 Å². The molecule has 1 aliphatic rings. The highest BCUT2D eigenvalue weighted by Crippen LogP contribution is 1.80. The van der Waals surface area contributed by atoms with Crippen molar-refractivity contribution in [3.05, 3.63) is 24.6 Å². The number of nitrogens with one attached hydrogen (secondary N) is 1. The van der Waals surface area contributed by atoms with E-state index in [1.807, 2.05) is 18.6 Å². The summed E-state index contributed by atoms with van der Waals surface area (Å²) in [4.78, 5) is 4.55. The third kappa shape index (κ3) is 7.43. The van der Waals surface area contributed by atoms with Crippen LogP contribution in [0, 0.1) is 0 Å². The van der Waals surface area contributed by atoms with Gasteiger partial charge in [0.1, 0.15) is 6.26 Å². The first-order valence-corrected chi connectivity index (χ1v) is 4.18. The van der Waals surface area contributed by atoms with E-state index in [4.69, 9.17) is 0 Å². The number of hydroxylamine groups is 1. The zero-order valence-electron chi connectivity index (χ0n) is 5.63. The van der Waals surface area contributed by atoms with Gasteiger partial charge in [0, 0.05) is 6.20 Å². The van der Waals surface area contributed by atoms with Crippen molar-refractivity contribution in [2.75, 3.05) is 12.5 Å². The van der Waals surface area contributed by atoms with Crippen molar-refractivity contribution < 1.29 is 4.84 Å². The van der Waals surface area contributed by atoms with Crippen LogP contribution in [0.1, 0.15) is 0 Å². The molecule has 0 saturated carbocycles. The molecular formula is C6H11NOS. The van der Waals surface area contributed by atoms with Crippen molar-refractivity contribution in [2.45, 2.75) is 0 Å². The van der Waals surface area contributed by atoms with Crippen LogP contribution in [0.5, 0.6) is 0 Å². The topological polar surface area (TPSA) is 21.3 Å². The van der Waals surface area contributed by atoms with E-state index in [1.54, 1.807) is 30.3 Å². The molecule has 0 saturated heterocycles. The van der Waals surface area contributed by atoms with Crippen LogP contribution in [0.4, 0.5) is 0 Å². The Balaban J connectivity index is 0.000000187. The lowest BCUT2D eigenvalue weighted by Gasteiger charge is -1.97. The third-order valence-electron chi connectivity index (χ3n) is 0.490. The van der Waals surface area contributed by atoms with Crippen LogP contribution in [-0.4, -0.2) is 12.5 Å². The molecule has 0 fully saturated rings. The summed E-state index contributed by atoms with van der Waals surface area (Å²) in [6.07, 6.45) is 11.0. The molecule has 0 bridgehead atoms. The largest absolute Gasteiger partial charge is 0.391 e. The molecule has 0 atom stereocenters. The first-order chi connectivity index (χ1) is 4.41. The van der Waals surface area contributed by atoms with E-state index in [9.17, 15) is 0 Å². The predicted octanol–water partition coefficient (Wildman–Crippen LogP) is 1.53. The Bertz CT molecular complexity index is 89.2. The van der Waals surface area contributed by atoms with Gasteiger partial charge in [-0.15, -0.1) is 0 Å². The van der Waals surface area contributed by atoms with Crippen molar-refractivity contribution in [1.29, 1.82) is 0 Å². The van der Waals surface area contributed by atoms with E-state index in [1.165, 1.54) is 0 Å². The van der Waals surface area contributed by atoms with Gasteiger partial charge in [0.25, 0.3) is 0 Å². The van der Waals surface area contributed by atoms with Crippen molar-refractivity contribution in [3.8, 4) is 0 Å². The van der Waals surface area contributed by atoms with Gasteiger partial charge in [0.2, 0.25) is 0 Å². The highest BCUT2D eigenvalue weighted by atomic mass is 32.2. The predicted molar refractivity (Wildman–Crippen MR) is 41.9 cm³/mol. The molecule has 1 rings (SSSR count). The number of hydrogen-bond donors (Lipinski definition) is 1. The van der Waals surface area contributed by atoms with E-state index in [0.717, 1.165) is 0 Å². The van der Waals surface area contributed by atoms with Gasteiger partial charge in [-0.1, -0.05) is 0 Å². The van der Waals surface area contributed by atoms with Gasteiger partial charge < -0.3 is 4.84 Å². The third-order valence-corrected chi connectivity index (χ3v) is 0.490. The van der Waals surface area contributed by atoms with E-state index >= 15 is 0 Å². The summed E-state index contributed by atoms with van der Waals surface area (Å²) in [7, 11) is 0. The lowest BCUT2D eigenvalue weighted by atomic mass is 10.6. The number of allylic oxidation sites excluding steroid dienone is 2. The minimum absolute atomic E-state index is 1.57. The molecule has 0 radical (unpaired) electrons. The summed E-state index contributed by atoms with van der Waals surface area (Å²) < 4.78 is 0. The SMILES string of the molecule is C1=CNOC=C1.CSC. The van der Waals surface area contributed by atoms with Crippen molar-refractivity contribution in [3.63, 3.8) is 0 Å². The monoisotopic (exact) mass is 145 g/mol. The Morgan fingerprint density at radius 3 is 2.11 bits per heavy atom. The van der Waals surface area contributed by atoms with Gasteiger partial charge in [-0.25, -0.2) is 5.48 Å². The molecule has 1 N–H and O–H groups in total. The second kappa shape index (κ2) is 7.43. The first kappa shape index (κ1) is 8.43. The summed E-state index contributed by atoms with van der Waals surface area (Å²) in [6.45, 7) is 0. The second-order valence-corrected chi connectivity index (χ2v) is 2.15. The molecule has 52 valence electrons. The molecule has 2 nitrogen and oxygen atoms in total. The van der Waals surface area contributed by atoms with Crippen molar-refractivity contribution >= 4 is 11.8 Å². The zero-order chi connectivity index (χ0) is 6.95. The first-order valence-electron chi connectivity index (χ1n) is 2.54. The Morgan fingerprint density at radius 1 is 1.33 bits per heavy atom. The summed E-state index contributed by atoms with van der Waals surface area (Å²) in [6, 6.07) is 0. The molecule has 0 aromatic rings. The normalized spacial score (nSPS) is 12.7. The molecule has 0 aromatic carbocycles. The molecule has 0 amide bonds. The Hall–Kier alpha value is -0.570. The van der Waals surface area contributed by atoms with E-state index in [-0.39, 0.29) is 0 Å². The Labute approximate surface area is 59.9 Å². The second-order valence-electron chi connectivity index (χ2n) is 1.33. The van der Waals surface area contributed by atoms with Crippen molar-refractivity contribution in [1.82, 2.24) is 5.48 Å². The standard InChI is InChI=1S/C4H5NO.C2H6S/c1-2-4-6-5-3-1;1-3-2/h1-5H;1-2H3. The summed E-state index contributed by atoms with van der Waals surface area (Å²) >= 11 is 1.75. The van der Waals surface area contributed by atoms with Crippen LogP contribution in [-0.2, 0) is 4.84 Å². The zero-order valence-corrected chi connectivity index (χ0v) is 6.44. The fraction of sp³-hybridized carbons (Fsp3) is 0.333. The quantitative estimate of drug-likeness (QED) is 0.558. The van der Waals surface area contributed by atoms with Gasteiger partial charge in [0.15, 0.2) is 0 Å². The lowest BCUT2D eigenvalue weighted by Crippen LogP contribution is -2.01. The average Bonchev–Trinajstić information content (AvgIpc) is 1.93. The molecule has 3 heteroatoms. The lowest BCUT2D eigenvalue weighted by molar-refractivity contribution is 0.172. The van der Waals surface area contributed by atoms with Crippen molar-refractivity contribution in [2.24, 2.45) is 0 Å². The van der Waals surface area contributed by atoms with Crippen LogP contribution in [0.25, 0.3) is 0 Å². The van der Waals surface area contributed by atoms with E-state index in [0.29, 0.717) is 0 Å². The Kier molecular flexibility index (Phi) is 6.96. The smallest absolute Gasteiger partial charge is 0.119 e. The van der Waals surface area contributed by atoms with Crippen LogP contribution in [0.3, 0.4) is 0 Å².